The third-order valence-corrected chi connectivity index (χ3v) is 1.79. The Morgan fingerprint density at radius 1 is 1.78 bits per heavy atom. The highest BCUT2D eigenvalue weighted by molar-refractivity contribution is 14.1. The molecule has 0 rings (SSSR count). The van der Waals surface area contributed by atoms with Crippen molar-refractivity contribution in [3.63, 3.8) is 0 Å². The van der Waals surface area contributed by atoms with Gasteiger partial charge in [-0.1, -0.05) is 22.6 Å². The SMILES string of the molecule is CSCCC(=O)NCI. The molecule has 4 heteroatoms. The maximum Gasteiger partial charge on any atom is 0.221 e. The van der Waals surface area contributed by atoms with Gasteiger partial charge in [0.25, 0.3) is 0 Å². The van der Waals surface area contributed by atoms with Crippen molar-refractivity contribution in [1.82, 2.24) is 5.32 Å². The van der Waals surface area contributed by atoms with Gasteiger partial charge in [0.2, 0.25) is 5.91 Å². The summed E-state index contributed by atoms with van der Waals surface area (Å²) in [4.78, 5) is 10.7. The summed E-state index contributed by atoms with van der Waals surface area (Å²) >= 11 is 3.81. The maximum absolute atomic E-state index is 10.7. The van der Waals surface area contributed by atoms with Gasteiger partial charge >= 0.3 is 0 Å². The van der Waals surface area contributed by atoms with E-state index >= 15 is 0 Å². The minimum Gasteiger partial charge on any atom is -0.347 e. The number of alkyl halides is 1. The molecule has 0 unspecified atom stereocenters. The summed E-state index contributed by atoms with van der Waals surface area (Å²) in [5.74, 6) is 1.07. The molecule has 0 aliphatic carbocycles. The second-order valence-electron chi connectivity index (χ2n) is 1.48. The Morgan fingerprint density at radius 2 is 2.44 bits per heavy atom. The van der Waals surface area contributed by atoms with E-state index in [1.54, 1.807) is 11.8 Å². The third kappa shape index (κ3) is 6.44. The number of carbonyl (C=O) groups is 1. The minimum atomic E-state index is 0.152. The van der Waals surface area contributed by atoms with Crippen LogP contribution in [0.1, 0.15) is 6.42 Å². The molecule has 0 spiro atoms. The monoisotopic (exact) mass is 259 g/mol. The summed E-state index contributed by atoms with van der Waals surface area (Å²) in [5, 5.41) is 2.71. The summed E-state index contributed by atoms with van der Waals surface area (Å²) in [7, 11) is 0. The van der Waals surface area contributed by atoms with E-state index in [1.165, 1.54) is 0 Å². The van der Waals surface area contributed by atoms with Crippen molar-refractivity contribution in [3.8, 4) is 0 Å². The zero-order valence-corrected chi connectivity index (χ0v) is 8.29. The Morgan fingerprint density at radius 3 is 2.89 bits per heavy atom. The summed E-state index contributed by atoms with van der Waals surface area (Å²) < 4.78 is 0.713. The highest BCUT2D eigenvalue weighted by Gasteiger charge is 1.95. The number of hydrogen-bond donors (Lipinski definition) is 1. The van der Waals surface area contributed by atoms with Gasteiger partial charge in [-0.2, -0.15) is 11.8 Å². The van der Waals surface area contributed by atoms with Gasteiger partial charge in [-0.15, -0.1) is 0 Å². The Bertz CT molecular complexity index is 89.0. The van der Waals surface area contributed by atoms with E-state index in [0.29, 0.717) is 11.0 Å². The fourth-order valence-electron chi connectivity index (χ4n) is 0.358. The lowest BCUT2D eigenvalue weighted by Gasteiger charge is -1.97. The number of amides is 1. The number of carbonyl (C=O) groups excluding carboxylic acids is 1. The first kappa shape index (κ1) is 9.55. The van der Waals surface area contributed by atoms with Crippen LogP contribution >= 0.6 is 34.4 Å². The van der Waals surface area contributed by atoms with E-state index in [9.17, 15) is 4.79 Å². The first-order chi connectivity index (χ1) is 4.31. The van der Waals surface area contributed by atoms with Crippen molar-refractivity contribution in [2.24, 2.45) is 0 Å². The number of rotatable bonds is 4. The molecule has 1 N–H and O–H groups in total. The molecule has 9 heavy (non-hydrogen) atoms. The molecule has 1 amide bonds. The number of halogens is 1. The normalized spacial score (nSPS) is 9.11. The standard InChI is InChI=1S/C5H10INOS/c1-9-3-2-5(8)7-4-6/h2-4H2,1H3,(H,7,8). The fourth-order valence-corrected chi connectivity index (χ4v) is 1.17. The predicted molar refractivity (Wildman–Crippen MR) is 50.0 cm³/mol. The summed E-state index contributed by atoms with van der Waals surface area (Å²) in [6.07, 6.45) is 2.64. The van der Waals surface area contributed by atoms with E-state index in [4.69, 9.17) is 0 Å². The highest BCUT2D eigenvalue weighted by atomic mass is 127. The Hall–Kier alpha value is 0.550. The van der Waals surface area contributed by atoms with Crippen LogP contribution in [-0.2, 0) is 4.79 Å². The molecule has 0 aliphatic rings. The van der Waals surface area contributed by atoms with Crippen LogP contribution in [0.25, 0.3) is 0 Å². The molecular formula is C5H10INOS. The van der Waals surface area contributed by atoms with Gasteiger partial charge in [-0.25, -0.2) is 0 Å². The molecule has 2 nitrogen and oxygen atoms in total. The van der Waals surface area contributed by atoms with Gasteiger partial charge in [0, 0.05) is 12.2 Å². The zero-order chi connectivity index (χ0) is 7.11. The molecule has 0 aromatic heterocycles. The second kappa shape index (κ2) is 6.67. The van der Waals surface area contributed by atoms with Gasteiger partial charge in [-0.05, 0) is 6.26 Å². The molecular weight excluding hydrogens is 249 g/mol. The summed E-state index contributed by atoms with van der Waals surface area (Å²) in [6.45, 7) is 0. The van der Waals surface area contributed by atoms with E-state index in [1.807, 2.05) is 6.26 Å². The first-order valence-electron chi connectivity index (χ1n) is 2.63. The molecule has 0 heterocycles. The van der Waals surface area contributed by atoms with Crippen LogP contribution < -0.4 is 5.32 Å². The van der Waals surface area contributed by atoms with Crippen molar-refractivity contribution >= 4 is 40.3 Å². The van der Waals surface area contributed by atoms with E-state index in [2.05, 4.69) is 27.9 Å². The summed E-state index contributed by atoms with van der Waals surface area (Å²) in [6, 6.07) is 0. The van der Waals surface area contributed by atoms with Crippen LogP contribution in [0.5, 0.6) is 0 Å². The second-order valence-corrected chi connectivity index (χ2v) is 3.22. The first-order valence-corrected chi connectivity index (χ1v) is 5.54. The van der Waals surface area contributed by atoms with Crippen molar-refractivity contribution < 1.29 is 4.79 Å². The molecule has 54 valence electrons. The van der Waals surface area contributed by atoms with Gasteiger partial charge in [0.15, 0.2) is 0 Å². The quantitative estimate of drug-likeness (QED) is 0.467. The summed E-state index contributed by atoms with van der Waals surface area (Å²) in [5.41, 5.74) is 0. The Balaban J connectivity index is 3.06. The van der Waals surface area contributed by atoms with Crippen LogP contribution in [0.3, 0.4) is 0 Å². The molecule has 0 aromatic rings. The lowest BCUT2D eigenvalue weighted by Crippen LogP contribution is -2.21. The van der Waals surface area contributed by atoms with Crippen molar-refractivity contribution in [3.05, 3.63) is 0 Å². The molecule has 0 fully saturated rings. The zero-order valence-electron chi connectivity index (χ0n) is 5.32. The Kier molecular flexibility index (Phi) is 7.07. The molecule has 0 radical (unpaired) electrons. The fraction of sp³-hybridized carbons (Fsp3) is 0.800. The number of nitrogens with one attached hydrogen (secondary N) is 1. The number of hydrogen-bond acceptors (Lipinski definition) is 2. The predicted octanol–water partition coefficient (Wildman–Crippen LogP) is 1.25. The average molecular weight is 259 g/mol. The van der Waals surface area contributed by atoms with Gasteiger partial charge in [-0.3, -0.25) is 4.79 Å². The largest absolute Gasteiger partial charge is 0.347 e. The minimum absolute atomic E-state index is 0.152. The molecule has 0 aliphatic heterocycles. The molecule has 0 saturated carbocycles. The van der Waals surface area contributed by atoms with E-state index in [-0.39, 0.29) is 5.91 Å². The van der Waals surface area contributed by atoms with Gasteiger partial charge in [0.05, 0.1) is 4.55 Å². The van der Waals surface area contributed by atoms with Crippen LogP contribution in [0.2, 0.25) is 0 Å². The smallest absolute Gasteiger partial charge is 0.221 e. The van der Waals surface area contributed by atoms with Crippen LogP contribution in [-0.4, -0.2) is 22.5 Å². The topological polar surface area (TPSA) is 29.1 Å². The molecule has 0 bridgehead atoms. The van der Waals surface area contributed by atoms with Gasteiger partial charge < -0.3 is 5.32 Å². The van der Waals surface area contributed by atoms with Gasteiger partial charge in [0.1, 0.15) is 0 Å². The molecule has 0 atom stereocenters. The van der Waals surface area contributed by atoms with Crippen molar-refractivity contribution in [2.45, 2.75) is 6.42 Å². The molecule has 0 saturated heterocycles. The third-order valence-electron chi connectivity index (χ3n) is 0.797. The van der Waals surface area contributed by atoms with Crippen LogP contribution in [0, 0.1) is 0 Å². The maximum atomic E-state index is 10.7. The molecule has 0 aromatic carbocycles. The number of thioether (sulfide) groups is 1. The lowest BCUT2D eigenvalue weighted by atomic mass is 10.5. The van der Waals surface area contributed by atoms with Crippen LogP contribution in [0.15, 0.2) is 0 Å². The van der Waals surface area contributed by atoms with E-state index < -0.39 is 0 Å². The van der Waals surface area contributed by atoms with Crippen molar-refractivity contribution in [2.75, 3.05) is 16.6 Å². The lowest BCUT2D eigenvalue weighted by molar-refractivity contribution is -0.120. The van der Waals surface area contributed by atoms with Crippen LogP contribution in [0.4, 0.5) is 0 Å². The highest BCUT2D eigenvalue weighted by Crippen LogP contribution is 1.94. The average Bonchev–Trinajstić information content (AvgIpc) is 1.85. The van der Waals surface area contributed by atoms with E-state index in [0.717, 1.165) is 5.75 Å². The Labute approximate surface area is 73.3 Å². The van der Waals surface area contributed by atoms with Crippen molar-refractivity contribution in [1.29, 1.82) is 0 Å².